The maximum Gasteiger partial charge on any atom is 0.261 e. The van der Waals surface area contributed by atoms with E-state index in [4.69, 9.17) is 4.74 Å². The molecule has 1 saturated heterocycles. The van der Waals surface area contributed by atoms with E-state index in [2.05, 4.69) is 17.4 Å². The van der Waals surface area contributed by atoms with Gasteiger partial charge in [0.25, 0.3) is 11.8 Å². The Morgan fingerprint density at radius 3 is 2.17 bits per heavy atom. The zero-order chi connectivity index (χ0) is 21.0. The summed E-state index contributed by atoms with van der Waals surface area (Å²) in [6.07, 6.45) is 2.45. The maximum atomic E-state index is 12.5. The molecule has 0 unspecified atom stereocenters. The summed E-state index contributed by atoms with van der Waals surface area (Å²) in [5.41, 5.74) is 1.99. The van der Waals surface area contributed by atoms with Crippen LogP contribution in [0.25, 0.3) is 0 Å². The molecule has 2 aliphatic rings. The number of rotatable bonds is 7. The molecule has 1 N–H and O–H groups in total. The van der Waals surface area contributed by atoms with E-state index in [9.17, 15) is 14.4 Å². The van der Waals surface area contributed by atoms with Crippen LogP contribution >= 0.6 is 0 Å². The van der Waals surface area contributed by atoms with Gasteiger partial charge in [-0.2, -0.15) is 0 Å². The summed E-state index contributed by atoms with van der Waals surface area (Å²) in [6.45, 7) is 2.18. The van der Waals surface area contributed by atoms with Gasteiger partial charge in [0.05, 0.1) is 11.1 Å². The minimum atomic E-state index is -0.277. The van der Waals surface area contributed by atoms with Crippen LogP contribution in [0, 0.1) is 0 Å². The van der Waals surface area contributed by atoms with Gasteiger partial charge in [0.2, 0.25) is 5.91 Å². The summed E-state index contributed by atoms with van der Waals surface area (Å²) in [4.78, 5) is 38.5. The van der Waals surface area contributed by atoms with Crippen LogP contribution in [-0.2, 0) is 14.9 Å². The first kappa shape index (κ1) is 20.3. The molecule has 6 heteroatoms. The van der Waals surface area contributed by atoms with Gasteiger partial charge in [0.1, 0.15) is 0 Å². The Labute approximate surface area is 176 Å². The number of imide groups is 1. The molecule has 1 fully saturated rings. The van der Waals surface area contributed by atoms with Crippen LogP contribution in [0.2, 0.25) is 0 Å². The number of amides is 3. The molecule has 2 aromatic carbocycles. The number of carbonyl (C=O) groups is 3. The molecule has 0 spiro atoms. The third kappa shape index (κ3) is 4.00. The second-order valence-electron chi connectivity index (χ2n) is 7.95. The van der Waals surface area contributed by atoms with E-state index in [1.165, 1.54) is 10.5 Å². The van der Waals surface area contributed by atoms with Crippen molar-refractivity contribution >= 4 is 17.7 Å². The molecule has 3 amide bonds. The molecule has 2 heterocycles. The van der Waals surface area contributed by atoms with Gasteiger partial charge in [-0.1, -0.05) is 42.5 Å². The average Bonchev–Trinajstić information content (AvgIpc) is 3.04. The van der Waals surface area contributed by atoms with Gasteiger partial charge in [-0.25, -0.2) is 0 Å². The zero-order valence-corrected chi connectivity index (χ0v) is 16.9. The fourth-order valence-corrected chi connectivity index (χ4v) is 4.32. The summed E-state index contributed by atoms with van der Waals surface area (Å²) in [5.74, 6) is -0.615. The quantitative estimate of drug-likeness (QED) is 0.718. The number of carbonyl (C=O) groups excluding carboxylic acids is 3. The molecule has 6 nitrogen and oxygen atoms in total. The number of ether oxygens (including phenoxy) is 1. The predicted octanol–water partition coefficient (Wildman–Crippen LogP) is 2.93. The Kier molecular flexibility index (Phi) is 5.95. The van der Waals surface area contributed by atoms with E-state index in [0.29, 0.717) is 37.3 Å². The highest BCUT2D eigenvalue weighted by Crippen LogP contribution is 2.34. The number of fused-ring (bicyclic) bond motifs is 1. The minimum absolute atomic E-state index is 0.0617. The van der Waals surface area contributed by atoms with Gasteiger partial charge in [0, 0.05) is 38.1 Å². The molecular formula is C24H26N2O4. The molecule has 0 saturated carbocycles. The van der Waals surface area contributed by atoms with Crippen molar-refractivity contribution in [3.05, 3.63) is 71.3 Å². The second-order valence-corrected chi connectivity index (χ2v) is 7.95. The van der Waals surface area contributed by atoms with E-state index < -0.39 is 0 Å². The van der Waals surface area contributed by atoms with Crippen molar-refractivity contribution < 1.29 is 19.1 Å². The highest BCUT2D eigenvalue weighted by atomic mass is 16.5. The lowest BCUT2D eigenvalue weighted by molar-refractivity contribution is -0.121. The van der Waals surface area contributed by atoms with E-state index in [1.54, 1.807) is 24.3 Å². The SMILES string of the molecule is O=C(CCCN1C(=O)c2ccccc2C1=O)NCC1(c2ccccc2)CCOCC1. The maximum absolute atomic E-state index is 12.5. The number of hydrogen-bond donors (Lipinski definition) is 1. The highest BCUT2D eigenvalue weighted by Gasteiger charge is 2.36. The molecular weight excluding hydrogens is 380 g/mol. The number of nitrogens with zero attached hydrogens (tertiary/aromatic N) is 1. The van der Waals surface area contributed by atoms with E-state index in [1.807, 2.05) is 18.2 Å². The first-order chi connectivity index (χ1) is 14.6. The molecule has 156 valence electrons. The summed E-state index contributed by atoms with van der Waals surface area (Å²) >= 11 is 0. The Morgan fingerprint density at radius 2 is 1.53 bits per heavy atom. The summed E-state index contributed by atoms with van der Waals surface area (Å²) in [5, 5.41) is 3.07. The summed E-state index contributed by atoms with van der Waals surface area (Å²) < 4.78 is 5.54. The standard InChI is InChI=1S/C24H26N2O4/c27-21(11-6-14-26-22(28)19-9-4-5-10-20(19)23(26)29)25-17-24(12-15-30-16-13-24)18-7-2-1-3-8-18/h1-5,7-10H,6,11-17H2,(H,25,27). The molecule has 0 radical (unpaired) electrons. The molecule has 2 aromatic rings. The van der Waals surface area contributed by atoms with Gasteiger partial charge in [-0.05, 0) is 37.0 Å². The average molecular weight is 406 g/mol. The van der Waals surface area contributed by atoms with Gasteiger partial charge >= 0.3 is 0 Å². The Hall–Kier alpha value is -2.99. The van der Waals surface area contributed by atoms with Crippen LogP contribution in [0.1, 0.15) is 52.0 Å². The van der Waals surface area contributed by atoms with Crippen molar-refractivity contribution in [3.8, 4) is 0 Å². The largest absolute Gasteiger partial charge is 0.381 e. The number of hydrogen-bond acceptors (Lipinski definition) is 4. The molecule has 30 heavy (non-hydrogen) atoms. The molecule has 4 rings (SSSR count). The molecule has 0 aromatic heterocycles. The molecule has 0 atom stereocenters. The van der Waals surface area contributed by atoms with Gasteiger partial charge < -0.3 is 10.1 Å². The van der Waals surface area contributed by atoms with Crippen molar-refractivity contribution in [2.75, 3.05) is 26.3 Å². The third-order valence-electron chi connectivity index (χ3n) is 6.12. The normalized spacial score (nSPS) is 17.7. The van der Waals surface area contributed by atoms with Crippen molar-refractivity contribution in [1.82, 2.24) is 10.2 Å². The van der Waals surface area contributed by atoms with Crippen molar-refractivity contribution in [2.24, 2.45) is 0 Å². The van der Waals surface area contributed by atoms with Crippen molar-refractivity contribution in [2.45, 2.75) is 31.1 Å². The lowest BCUT2D eigenvalue weighted by Crippen LogP contribution is -2.44. The summed E-state index contributed by atoms with van der Waals surface area (Å²) in [7, 11) is 0. The topological polar surface area (TPSA) is 75.7 Å². The Bertz CT molecular complexity index is 900. The third-order valence-corrected chi connectivity index (χ3v) is 6.12. The Balaban J connectivity index is 1.30. The first-order valence-corrected chi connectivity index (χ1v) is 10.5. The monoisotopic (exact) mass is 406 g/mol. The van der Waals surface area contributed by atoms with Gasteiger partial charge in [0.15, 0.2) is 0 Å². The van der Waals surface area contributed by atoms with Gasteiger partial charge in [-0.3, -0.25) is 19.3 Å². The fourth-order valence-electron chi connectivity index (χ4n) is 4.32. The van der Waals surface area contributed by atoms with Crippen LogP contribution in [0.4, 0.5) is 0 Å². The zero-order valence-electron chi connectivity index (χ0n) is 16.9. The molecule has 2 aliphatic heterocycles. The van der Waals surface area contributed by atoms with Crippen LogP contribution < -0.4 is 5.32 Å². The highest BCUT2D eigenvalue weighted by molar-refractivity contribution is 6.21. The van der Waals surface area contributed by atoms with Crippen LogP contribution in [0.15, 0.2) is 54.6 Å². The summed E-state index contributed by atoms with van der Waals surface area (Å²) in [6, 6.07) is 17.1. The van der Waals surface area contributed by atoms with Crippen molar-refractivity contribution in [3.63, 3.8) is 0 Å². The fraction of sp³-hybridized carbons (Fsp3) is 0.375. The van der Waals surface area contributed by atoms with E-state index >= 15 is 0 Å². The minimum Gasteiger partial charge on any atom is -0.381 e. The van der Waals surface area contributed by atoms with Crippen LogP contribution in [-0.4, -0.2) is 48.9 Å². The smallest absolute Gasteiger partial charge is 0.261 e. The van der Waals surface area contributed by atoms with Crippen molar-refractivity contribution in [1.29, 1.82) is 0 Å². The Morgan fingerprint density at radius 1 is 0.933 bits per heavy atom. The molecule has 0 bridgehead atoms. The van der Waals surface area contributed by atoms with E-state index in [-0.39, 0.29) is 36.1 Å². The predicted molar refractivity (Wildman–Crippen MR) is 112 cm³/mol. The lowest BCUT2D eigenvalue weighted by Gasteiger charge is -2.38. The second kappa shape index (κ2) is 8.79. The van der Waals surface area contributed by atoms with Crippen LogP contribution in [0.5, 0.6) is 0 Å². The van der Waals surface area contributed by atoms with E-state index in [0.717, 1.165) is 12.8 Å². The van der Waals surface area contributed by atoms with Gasteiger partial charge in [-0.15, -0.1) is 0 Å². The molecule has 0 aliphatic carbocycles. The first-order valence-electron chi connectivity index (χ1n) is 10.5. The number of nitrogens with one attached hydrogen (secondary N) is 1. The van der Waals surface area contributed by atoms with Crippen LogP contribution in [0.3, 0.4) is 0 Å². The number of benzene rings is 2. The lowest BCUT2D eigenvalue weighted by atomic mass is 9.74.